The first kappa shape index (κ1) is 20.6. The van der Waals surface area contributed by atoms with Crippen LogP contribution in [-0.4, -0.2) is 35.8 Å². The number of amides is 1. The summed E-state index contributed by atoms with van der Waals surface area (Å²) in [4.78, 5) is 27.5. The van der Waals surface area contributed by atoms with Crippen molar-refractivity contribution in [2.45, 2.75) is 58.6 Å². The van der Waals surface area contributed by atoms with Gasteiger partial charge in [-0.3, -0.25) is 14.5 Å². The summed E-state index contributed by atoms with van der Waals surface area (Å²) in [5.41, 5.74) is 4.44. The Bertz CT molecular complexity index is 967. The molecule has 1 amide bonds. The number of nitrogens with zero attached hydrogens (tertiary/aromatic N) is 1. The summed E-state index contributed by atoms with van der Waals surface area (Å²) in [5.74, 6) is 0.178. The maximum atomic E-state index is 12.9. The molecule has 1 fully saturated rings. The van der Waals surface area contributed by atoms with Crippen LogP contribution >= 0.6 is 0 Å². The van der Waals surface area contributed by atoms with Gasteiger partial charge in [-0.25, -0.2) is 0 Å². The Morgan fingerprint density at radius 2 is 1.90 bits per heavy atom. The normalized spacial score (nSPS) is 18.5. The van der Waals surface area contributed by atoms with Gasteiger partial charge in [0.15, 0.2) is 5.78 Å². The standard InChI is InChI=1S/C25H30N2O3/c1-16(2)30-24-11-9-19(14-21(24)17(3)28)25(29)26-20-10-8-18-6-4-12-27-13-5-7-23(27)22(18)15-20/h8-11,14-16,23H,4-7,12-13H2,1-3H3,(H,26,29). The predicted molar refractivity (Wildman–Crippen MR) is 118 cm³/mol. The van der Waals surface area contributed by atoms with Crippen molar-refractivity contribution in [1.29, 1.82) is 0 Å². The molecule has 1 saturated heterocycles. The van der Waals surface area contributed by atoms with E-state index in [9.17, 15) is 9.59 Å². The monoisotopic (exact) mass is 406 g/mol. The number of hydrogen-bond acceptors (Lipinski definition) is 4. The number of carbonyl (C=O) groups is 2. The lowest BCUT2D eigenvalue weighted by Gasteiger charge is -2.23. The number of fused-ring (bicyclic) bond motifs is 3. The zero-order valence-electron chi connectivity index (χ0n) is 18.0. The quantitative estimate of drug-likeness (QED) is 0.709. The first-order chi connectivity index (χ1) is 14.4. The Morgan fingerprint density at radius 1 is 1.10 bits per heavy atom. The second-order valence-corrected chi connectivity index (χ2v) is 8.60. The summed E-state index contributed by atoms with van der Waals surface area (Å²) in [6.45, 7) is 7.63. The molecule has 0 radical (unpaired) electrons. The highest BCUT2D eigenvalue weighted by Crippen LogP contribution is 2.38. The smallest absolute Gasteiger partial charge is 0.255 e. The summed E-state index contributed by atoms with van der Waals surface area (Å²) in [6.07, 6.45) is 4.66. The number of Topliss-reactive ketones (excluding diaryl/α,β-unsaturated/α-hetero) is 1. The molecule has 0 aromatic heterocycles. The Labute approximate surface area is 178 Å². The van der Waals surface area contributed by atoms with Crippen LogP contribution in [0.1, 0.15) is 77.9 Å². The van der Waals surface area contributed by atoms with Crippen LogP contribution in [-0.2, 0) is 6.42 Å². The summed E-state index contributed by atoms with van der Waals surface area (Å²) >= 11 is 0. The van der Waals surface area contributed by atoms with Gasteiger partial charge in [0.25, 0.3) is 5.91 Å². The lowest BCUT2D eigenvalue weighted by molar-refractivity contribution is 0.101. The van der Waals surface area contributed by atoms with E-state index in [2.05, 4.69) is 22.3 Å². The van der Waals surface area contributed by atoms with Gasteiger partial charge in [-0.1, -0.05) is 6.07 Å². The third-order valence-corrected chi connectivity index (χ3v) is 6.00. The summed E-state index contributed by atoms with van der Waals surface area (Å²) in [6, 6.07) is 11.8. The van der Waals surface area contributed by atoms with Crippen molar-refractivity contribution in [3.05, 3.63) is 58.7 Å². The molecule has 2 aromatic carbocycles. The van der Waals surface area contributed by atoms with E-state index in [1.165, 1.54) is 43.9 Å². The van der Waals surface area contributed by atoms with E-state index < -0.39 is 0 Å². The van der Waals surface area contributed by atoms with E-state index in [0.29, 0.717) is 22.9 Å². The Morgan fingerprint density at radius 3 is 2.67 bits per heavy atom. The Kier molecular flexibility index (Phi) is 5.91. The van der Waals surface area contributed by atoms with Gasteiger partial charge in [0.2, 0.25) is 0 Å². The maximum Gasteiger partial charge on any atom is 0.255 e. The number of anilines is 1. The zero-order valence-corrected chi connectivity index (χ0v) is 18.0. The van der Waals surface area contributed by atoms with Gasteiger partial charge in [-0.2, -0.15) is 0 Å². The third kappa shape index (κ3) is 4.26. The van der Waals surface area contributed by atoms with E-state index in [1.54, 1.807) is 18.2 Å². The molecule has 1 atom stereocenters. The van der Waals surface area contributed by atoms with Crippen molar-refractivity contribution in [3.8, 4) is 5.75 Å². The molecule has 2 aromatic rings. The molecule has 0 bridgehead atoms. The van der Waals surface area contributed by atoms with Crippen molar-refractivity contribution < 1.29 is 14.3 Å². The van der Waals surface area contributed by atoms with E-state index in [0.717, 1.165) is 18.7 Å². The fourth-order valence-corrected chi connectivity index (χ4v) is 4.64. The number of nitrogens with one attached hydrogen (secondary N) is 1. The molecule has 0 saturated carbocycles. The average Bonchev–Trinajstić information content (AvgIpc) is 3.10. The minimum absolute atomic E-state index is 0.0440. The van der Waals surface area contributed by atoms with Gasteiger partial charge in [0.05, 0.1) is 11.7 Å². The molecule has 0 spiro atoms. The van der Waals surface area contributed by atoms with Crippen LogP contribution < -0.4 is 10.1 Å². The number of rotatable bonds is 5. The zero-order chi connectivity index (χ0) is 21.3. The second kappa shape index (κ2) is 8.60. The highest BCUT2D eigenvalue weighted by Gasteiger charge is 2.29. The molecule has 2 aliphatic heterocycles. The predicted octanol–water partition coefficient (Wildman–Crippen LogP) is 5.01. The number of carbonyl (C=O) groups excluding carboxylic acids is 2. The number of hydrogen-bond donors (Lipinski definition) is 1. The molecular formula is C25H30N2O3. The number of aryl methyl sites for hydroxylation is 1. The molecule has 30 heavy (non-hydrogen) atoms. The minimum Gasteiger partial charge on any atom is -0.490 e. The highest BCUT2D eigenvalue weighted by atomic mass is 16.5. The highest BCUT2D eigenvalue weighted by molar-refractivity contribution is 6.07. The van der Waals surface area contributed by atoms with Gasteiger partial charge in [-0.05, 0) is 101 Å². The van der Waals surface area contributed by atoms with Crippen molar-refractivity contribution in [1.82, 2.24) is 4.90 Å². The SMILES string of the molecule is CC(=O)c1cc(C(=O)Nc2ccc3c(c2)C2CCCN2CCC3)ccc1OC(C)C. The lowest BCUT2D eigenvalue weighted by Crippen LogP contribution is -2.23. The van der Waals surface area contributed by atoms with E-state index in [4.69, 9.17) is 4.74 Å². The fraction of sp³-hybridized carbons (Fsp3) is 0.440. The summed E-state index contributed by atoms with van der Waals surface area (Å²) in [5, 5.41) is 3.03. The molecule has 0 aliphatic carbocycles. The third-order valence-electron chi connectivity index (χ3n) is 6.00. The second-order valence-electron chi connectivity index (χ2n) is 8.60. The lowest BCUT2D eigenvalue weighted by atomic mass is 9.96. The molecule has 5 nitrogen and oxygen atoms in total. The summed E-state index contributed by atoms with van der Waals surface area (Å²) < 4.78 is 5.72. The van der Waals surface area contributed by atoms with Crippen LogP contribution in [0.3, 0.4) is 0 Å². The molecule has 1 N–H and O–H groups in total. The molecular weight excluding hydrogens is 376 g/mol. The molecule has 2 aliphatic rings. The topological polar surface area (TPSA) is 58.6 Å². The molecule has 158 valence electrons. The summed E-state index contributed by atoms with van der Waals surface area (Å²) in [7, 11) is 0. The minimum atomic E-state index is -0.217. The van der Waals surface area contributed by atoms with E-state index in [-0.39, 0.29) is 17.8 Å². The van der Waals surface area contributed by atoms with Gasteiger partial charge < -0.3 is 10.1 Å². The average molecular weight is 407 g/mol. The largest absolute Gasteiger partial charge is 0.490 e. The van der Waals surface area contributed by atoms with E-state index in [1.807, 2.05) is 19.9 Å². The van der Waals surface area contributed by atoms with Gasteiger partial charge in [0, 0.05) is 17.3 Å². The van der Waals surface area contributed by atoms with Crippen LogP contribution in [0.25, 0.3) is 0 Å². The van der Waals surface area contributed by atoms with Crippen LogP contribution in [0.2, 0.25) is 0 Å². The molecule has 5 heteroatoms. The molecule has 1 unspecified atom stereocenters. The molecule has 4 rings (SSSR count). The Balaban J connectivity index is 1.57. The number of ketones is 1. The van der Waals surface area contributed by atoms with Crippen molar-refractivity contribution >= 4 is 17.4 Å². The fourth-order valence-electron chi connectivity index (χ4n) is 4.64. The van der Waals surface area contributed by atoms with Crippen LogP contribution in [0.5, 0.6) is 5.75 Å². The van der Waals surface area contributed by atoms with Crippen LogP contribution in [0.15, 0.2) is 36.4 Å². The van der Waals surface area contributed by atoms with Crippen LogP contribution in [0, 0.1) is 0 Å². The first-order valence-corrected chi connectivity index (χ1v) is 10.9. The number of benzene rings is 2. The maximum absolute atomic E-state index is 12.9. The number of ether oxygens (including phenoxy) is 1. The van der Waals surface area contributed by atoms with Gasteiger partial charge in [-0.15, -0.1) is 0 Å². The first-order valence-electron chi connectivity index (χ1n) is 10.9. The van der Waals surface area contributed by atoms with Crippen molar-refractivity contribution in [2.75, 3.05) is 18.4 Å². The molecule has 2 heterocycles. The van der Waals surface area contributed by atoms with E-state index >= 15 is 0 Å². The Hall–Kier alpha value is -2.66. The van der Waals surface area contributed by atoms with Crippen LogP contribution in [0.4, 0.5) is 5.69 Å². The van der Waals surface area contributed by atoms with Crippen molar-refractivity contribution in [2.24, 2.45) is 0 Å². The van der Waals surface area contributed by atoms with Gasteiger partial charge in [0.1, 0.15) is 5.75 Å². The van der Waals surface area contributed by atoms with Crippen molar-refractivity contribution in [3.63, 3.8) is 0 Å². The van der Waals surface area contributed by atoms with Gasteiger partial charge >= 0.3 is 0 Å².